The maximum Gasteiger partial charge on any atom is 0.459 e. The second-order valence-electron chi connectivity index (χ2n) is 9.66. The Morgan fingerprint density at radius 2 is 1.98 bits per heavy atom. The lowest BCUT2D eigenvalue weighted by molar-refractivity contribution is -0.150. The van der Waals surface area contributed by atoms with Gasteiger partial charge in [-0.1, -0.05) is 18.2 Å². The summed E-state index contributed by atoms with van der Waals surface area (Å²) in [6.45, 7) is 0.611. The first-order valence-corrected chi connectivity index (χ1v) is 14.5. The first kappa shape index (κ1) is 30.4. The Kier molecular flexibility index (Phi) is 9.60. The number of anilines is 1. The highest BCUT2D eigenvalue weighted by atomic mass is 31.2. The third-order valence-corrected chi connectivity index (χ3v) is 8.48. The zero-order chi connectivity index (χ0) is 29.6. The van der Waals surface area contributed by atoms with Crippen LogP contribution in [0.5, 0.6) is 5.75 Å². The van der Waals surface area contributed by atoms with E-state index in [1.807, 2.05) is 6.07 Å². The number of ether oxygens (including phenoxy) is 2. The smallest absolute Gasteiger partial charge is 0.459 e. The summed E-state index contributed by atoms with van der Waals surface area (Å²) < 4.78 is 37.3. The number of carbonyl (C=O) groups excluding carboxylic acids is 1. The molecule has 2 aromatic heterocycles. The standard InChI is InChI=1S/C26H33N6O8P/c1-17(25(35)39-18-8-6-7-9-18)31-41(36,40-19-10-4-3-5-11-19)38-15-26(14-27,37-2)23(34)22(33)20-12-13-21-24(28)29-16-30-32(20)21/h3-5,10-13,16-18,22-23,33-34H,6-9,15H2,1-2H3,(H,31,36)(H2,28,29,30)/t17-,22-,23-,26?,41?/m0/s1. The molecule has 0 bridgehead atoms. The summed E-state index contributed by atoms with van der Waals surface area (Å²) in [5, 5.41) is 38.9. The molecule has 0 aliphatic heterocycles. The van der Waals surface area contributed by atoms with Crippen LogP contribution in [0.15, 0.2) is 48.8 Å². The lowest BCUT2D eigenvalue weighted by atomic mass is 9.93. The van der Waals surface area contributed by atoms with Gasteiger partial charge in [-0.05, 0) is 56.9 Å². The van der Waals surface area contributed by atoms with Gasteiger partial charge in [0.2, 0.25) is 5.60 Å². The lowest BCUT2D eigenvalue weighted by Crippen LogP contribution is -2.50. The number of aromatic nitrogens is 3. The average molecular weight is 589 g/mol. The molecule has 5 N–H and O–H groups in total. The van der Waals surface area contributed by atoms with Crippen LogP contribution >= 0.6 is 7.75 Å². The van der Waals surface area contributed by atoms with E-state index in [1.54, 1.807) is 18.2 Å². The average Bonchev–Trinajstić information content (AvgIpc) is 3.64. The third kappa shape index (κ3) is 6.84. The minimum absolute atomic E-state index is 0.0865. The monoisotopic (exact) mass is 588 g/mol. The van der Waals surface area contributed by atoms with E-state index in [0.29, 0.717) is 5.52 Å². The number of benzene rings is 1. The molecule has 1 aromatic carbocycles. The van der Waals surface area contributed by atoms with Gasteiger partial charge in [-0.3, -0.25) is 9.32 Å². The Labute approximate surface area is 236 Å². The fourth-order valence-electron chi connectivity index (χ4n) is 4.48. The molecule has 220 valence electrons. The maximum absolute atomic E-state index is 13.9. The number of para-hydroxylation sites is 1. The molecule has 1 aliphatic rings. The first-order valence-electron chi connectivity index (χ1n) is 13.0. The Morgan fingerprint density at radius 1 is 1.27 bits per heavy atom. The number of nitriles is 1. The van der Waals surface area contributed by atoms with Crippen molar-refractivity contribution in [2.24, 2.45) is 0 Å². The highest BCUT2D eigenvalue weighted by molar-refractivity contribution is 7.52. The summed E-state index contributed by atoms with van der Waals surface area (Å²) in [4.78, 5) is 16.6. The summed E-state index contributed by atoms with van der Waals surface area (Å²) in [6, 6.07) is 11.7. The van der Waals surface area contributed by atoms with Crippen LogP contribution in [0, 0.1) is 11.3 Å². The number of nitrogens with one attached hydrogen (secondary N) is 1. The zero-order valence-electron chi connectivity index (χ0n) is 22.6. The topological polar surface area (TPSA) is 204 Å². The molecule has 1 fully saturated rings. The second kappa shape index (κ2) is 12.9. The number of aliphatic hydroxyl groups excluding tert-OH is 2. The van der Waals surface area contributed by atoms with Crippen molar-refractivity contribution in [2.45, 2.75) is 62.6 Å². The van der Waals surface area contributed by atoms with Crippen molar-refractivity contribution in [2.75, 3.05) is 19.5 Å². The Hall–Kier alpha value is -3.57. The molecule has 41 heavy (non-hydrogen) atoms. The number of hydrogen-bond donors (Lipinski definition) is 4. The third-order valence-electron chi connectivity index (χ3n) is 6.85. The molecule has 2 unspecified atom stereocenters. The fraction of sp³-hybridized carbons (Fsp3) is 0.462. The van der Waals surface area contributed by atoms with Crippen LogP contribution in [0.1, 0.15) is 44.4 Å². The predicted octanol–water partition coefficient (Wildman–Crippen LogP) is 2.28. The molecule has 0 radical (unpaired) electrons. The Bertz CT molecular complexity index is 1430. The number of hydrogen-bond acceptors (Lipinski definition) is 12. The normalized spacial score (nSPS) is 19.0. The summed E-state index contributed by atoms with van der Waals surface area (Å²) in [7, 11) is -3.29. The molecule has 0 spiro atoms. The van der Waals surface area contributed by atoms with E-state index in [1.165, 1.54) is 42.0 Å². The molecule has 14 nitrogen and oxygen atoms in total. The van der Waals surface area contributed by atoms with Gasteiger partial charge in [0.05, 0.1) is 5.69 Å². The Morgan fingerprint density at radius 3 is 2.63 bits per heavy atom. The van der Waals surface area contributed by atoms with E-state index in [9.17, 15) is 24.8 Å². The fourth-order valence-corrected chi connectivity index (χ4v) is 6.00. The molecule has 2 heterocycles. The molecule has 15 heteroatoms. The molecule has 1 saturated carbocycles. The predicted molar refractivity (Wildman–Crippen MR) is 145 cm³/mol. The van der Waals surface area contributed by atoms with E-state index < -0.39 is 44.2 Å². The van der Waals surface area contributed by atoms with Gasteiger partial charge in [0.1, 0.15) is 54.6 Å². The van der Waals surface area contributed by atoms with Gasteiger partial charge in [0.25, 0.3) is 0 Å². The van der Waals surface area contributed by atoms with Crippen molar-refractivity contribution in [1.29, 1.82) is 5.26 Å². The van der Waals surface area contributed by atoms with Crippen LogP contribution in [0.3, 0.4) is 0 Å². The van der Waals surface area contributed by atoms with Crippen LogP contribution in [0.25, 0.3) is 5.52 Å². The van der Waals surface area contributed by atoms with Gasteiger partial charge in [0.15, 0.2) is 5.82 Å². The summed E-state index contributed by atoms with van der Waals surface area (Å²) in [5.41, 5.74) is 4.06. The minimum Gasteiger partial charge on any atom is -0.461 e. The van der Waals surface area contributed by atoms with Crippen LogP contribution in [-0.2, 0) is 23.4 Å². The van der Waals surface area contributed by atoms with Crippen LogP contribution < -0.4 is 15.3 Å². The largest absolute Gasteiger partial charge is 0.461 e. The van der Waals surface area contributed by atoms with Gasteiger partial charge in [-0.25, -0.2) is 14.1 Å². The number of aliphatic hydroxyl groups is 2. The number of fused-ring (bicyclic) bond motifs is 1. The van der Waals surface area contributed by atoms with Crippen molar-refractivity contribution in [3.63, 3.8) is 0 Å². The Balaban J connectivity index is 1.55. The highest BCUT2D eigenvalue weighted by Crippen LogP contribution is 2.46. The molecule has 3 aromatic rings. The number of methoxy groups -OCH3 is 1. The number of nitrogen functional groups attached to an aromatic ring is 1. The highest BCUT2D eigenvalue weighted by Gasteiger charge is 2.47. The number of nitrogens with two attached hydrogens (primary N) is 1. The zero-order valence-corrected chi connectivity index (χ0v) is 23.5. The van der Waals surface area contributed by atoms with Gasteiger partial charge in [0, 0.05) is 7.11 Å². The number of esters is 1. The van der Waals surface area contributed by atoms with Crippen LogP contribution in [0.2, 0.25) is 0 Å². The molecule has 5 atom stereocenters. The summed E-state index contributed by atoms with van der Waals surface area (Å²) >= 11 is 0. The minimum atomic E-state index is -4.41. The van der Waals surface area contributed by atoms with Crippen molar-refractivity contribution in [3.8, 4) is 11.8 Å². The molecule has 1 aliphatic carbocycles. The van der Waals surface area contributed by atoms with Crippen molar-refractivity contribution >= 4 is 25.1 Å². The van der Waals surface area contributed by atoms with E-state index in [0.717, 1.165) is 32.8 Å². The van der Waals surface area contributed by atoms with Crippen molar-refractivity contribution < 1.29 is 38.1 Å². The van der Waals surface area contributed by atoms with Crippen LogP contribution in [-0.4, -0.2) is 68.3 Å². The van der Waals surface area contributed by atoms with Gasteiger partial charge < -0.3 is 29.9 Å². The van der Waals surface area contributed by atoms with Gasteiger partial charge in [-0.15, -0.1) is 0 Å². The van der Waals surface area contributed by atoms with Gasteiger partial charge in [-0.2, -0.15) is 15.4 Å². The van der Waals surface area contributed by atoms with Crippen molar-refractivity contribution in [1.82, 2.24) is 19.7 Å². The lowest BCUT2D eigenvalue weighted by Gasteiger charge is -2.34. The summed E-state index contributed by atoms with van der Waals surface area (Å²) in [6.07, 6.45) is 0.717. The van der Waals surface area contributed by atoms with E-state index in [4.69, 9.17) is 24.3 Å². The van der Waals surface area contributed by atoms with E-state index in [-0.39, 0.29) is 23.4 Å². The van der Waals surface area contributed by atoms with Crippen molar-refractivity contribution in [3.05, 3.63) is 54.5 Å². The number of rotatable bonds is 13. The van der Waals surface area contributed by atoms with E-state index >= 15 is 0 Å². The maximum atomic E-state index is 13.9. The summed E-state index contributed by atoms with van der Waals surface area (Å²) in [5.74, 6) is -0.357. The SMILES string of the molecule is COC(C#N)(COP(=O)(N[C@@H](C)C(=O)OC1CCCC1)Oc1ccccc1)[C@@H](O)[C@@H](O)c1ccc2c(N)ncnn12. The van der Waals surface area contributed by atoms with Gasteiger partial charge >= 0.3 is 13.7 Å². The second-order valence-corrected chi connectivity index (χ2v) is 11.4. The first-order chi connectivity index (χ1) is 19.6. The molecule has 0 amide bonds. The van der Waals surface area contributed by atoms with Crippen LogP contribution in [0.4, 0.5) is 5.82 Å². The number of carbonyl (C=O) groups is 1. The molecule has 4 rings (SSSR count). The molecular weight excluding hydrogens is 555 g/mol. The quantitative estimate of drug-likeness (QED) is 0.167. The molecule has 0 saturated heterocycles. The number of nitrogens with zero attached hydrogens (tertiary/aromatic N) is 4. The molecular formula is C26H33N6O8P. The van der Waals surface area contributed by atoms with E-state index in [2.05, 4.69) is 15.2 Å².